The van der Waals surface area contributed by atoms with Crippen molar-refractivity contribution in [3.63, 3.8) is 0 Å². The topological polar surface area (TPSA) is 92.7 Å². The lowest BCUT2D eigenvalue weighted by Crippen LogP contribution is -2.30. The highest BCUT2D eigenvalue weighted by molar-refractivity contribution is 7.91. The van der Waals surface area contributed by atoms with Crippen LogP contribution in [-0.4, -0.2) is 45.0 Å². The van der Waals surface area contributed by atoms with Crippen LogP contribution in [0.5, 0.6) is 0 Å². The molecule has 7 heteroatoms. The first-order chi connectivity index (χ1) is 9.42. The standard InChI is InChI=1S/C13H19NO5S/c1-3-8-20(17,18)12-7-5-4-6-10(12)14-9-11(19-2)13(15)16/h4-7,11,14H,3,8-9H2,1-2H3,(H,15,16). The van der Waals surface area contributed by atoms with E-state index in [0.717, 1.165) is 0 Å². The van der Waals surface area contributed by atoms with Crippen LogP contribution in [0.2, 0.25) is 0 Å². The molecule has 1 aromatic carbocycles. The summed E-state index contributed by atoms with van der Waals surface area (Å²) in [6.07, 6.45) is -0.510. The van der Waals surface area contributed by atoms with Crippen molar-refractivity contribution in [2.45, 2.75) is 24.3 Å². The molecule has 0 heterocycles. The predicted molar refractivity (Wildman–Crippen MR) is 75.7 cm³/mol. The molecule has 1 aromatic rings. The van der Waals surface area contributed by atoms with Gasteiger partial charge in [-0.3, -0.25) is 0 Å². The van der Waals surface area contributed by atoms with Gasteiger partial charge in [-0.15, -0.1) is 0 Å². The average molecular weight is 301 g/mol. The van der Waals surface area contributed by atoms with Crippen LogP contribution < -0.4 is 5.32 Å². The maximum absolute atomic E-state index is 12.1. The molecule has 0 amide bonds. The van der Waals surface area contributed by atoms with E-state index >= 15 is 0 Å². The van der Waals surface area contributed by atoms with Gasteiger partial charge in [0.15, 0.2) is 15.9 Å². The van der Waals surface area contributed by atoms with Gasteiger partial charge in [0.25, 0.3) is 0 Å². The SMILES string of the molecule is CCCS(=O)(=O)c1ccccc1NCC(OC)C(=O)O. The van der Waals surface area contributed by atoms with Gasteiger partial charge in [-0.05, 0) is 18.6 Å². The number of para-hydroxylation sites is 1. The smallest absolute Gasteiger partial charge is 0.334 e. The molecule has 0 aliphatic heterocycles. The van der Waals surface area contributed by atoms with Crippen molar-refractivity contribution in [3.8, 4) is 0 Å². The van der Waals surface area contributed by atoms with E-state index in [0.29, 0.717) is 12.1 Å². The van der Waals surface area contributed by atoms with Crippen LogP contribution in [0.1, 0.15) is 13.3 Å². The van der Waals surface area contributed by atoms with Gasteiger partial charge in [0, 0.05) is 7.11 Å². The van der Waals surface area contributed by atoms with E-state index in [1.54, 1.807) is 25.1 Å². The van der Waals surface area contributed by atoms with Crippen LogP contribution in [0.4, 0.5) is 5.69 Å². The number of sulfone groups is 1. The summed E-state index contributed by atoms with van der Waals surface area (Å²) in [7, 11) is -2.07. The minimum absolute atomic E-state index is 0.00943. The molecule has 1 unspecified atom stereocenters. The Balaban J connectivity index is 2.94. The number of benzene rings is 1. The van der Waals surface area contributed by atoms with Crippen molar-refractivity contribution in [2.75, 3.05) is 24.7 Å². The highest BCUT2D eigenvalue weighted by atomic mass is 32.2. The molecule has 0 bridgehead atoms. The largest absolute Gasteiger partial charge is 0.479 e. The molecule has 0 saturated carbocycles. The number of hydrogen-bond donors (Lipinski definition) is 2. The van der Waals surface area contributed by atoms with E-state index in [9.17, 15) is 13.2 Å². The van der Waals surface area contributed by atoms with Gasteiger partial charge in [-0.2, -0.15) is 0 Å². The molecule has 6 nitrogen and oxygen atoms in total. The van der Waals surface area contributed by atoms with Crippen molar-refractivity contribution >= 4 is 21.5 Å². The molecular formula is C13H19NO5S. The number of carbonyl (C=O) groups is 1. The van der Waals surface area contributed by atoms with Crippen LogP contribution in [-0.2, 0) is 19.4 Å². The molecule has 0 aliphatic rings. The Bertz CT molecular complexity index is 556. The van der Waals surface area contributed by atoms with Gasteiger partial charge in [0.2, 0.25) is 0 Å². The minimum atomic E-state index is -3.37. The summed E-state index contributed by atoms with van der Waals surface area (Å²) in [6.45, 7) is 1.78. The van der Waals surface area contributed by atoms with Gasteiger partial charge in [-0.1, -0.05) is 19.1 Å². The summed E-state index contributed by atoms with van der Waals surface area (Å²) in [5, 5.41) is 11.7. The number of carboxylic acids is 1. The first-order valence-electron chi connectivity index (χ1n) is 6.23. The molecule has 0 saturated heterocycles. The number of carboxylic acid groups (broad SMARTS) is 1. The monoisotopic (exact) mass is 301 g/mol. The molecule has 20 heavy (non-hydrogen) atoms. The molecule has 0 aromatic heterocycles. The van der Waals surface area contributed by atoms with Gasteiger partial charge in [-0.25, -0.2) is 13.2 Å². The Hall–Kier alpha value is -1.60. The molecule has 2 N–H and O–H groups in total. The van der Waals surface area contributed by atoms with Crippen molar-refractivity contribution in [1.82, 2.24) is 0 Å². The van der Waals surface area contributed by atoms with Crippen LogP contribution in [0.3, 0.4) is 0 Å². The number of ether oxygens (including phenoxy) is 1. The van der Waals surface area contributed by atoms with E-state index < -0.39 is 21.9 Å². The number of nitrogens with one attached hydrogen (secondary N) is 1. The summed E-state index contributed by atoms with van der Waals surface area (Å²) in [6, 6.07) is 6.45. The highest BCUT2D eigenvalue weighted by Crippen LogP contribution is 2.22. The Morgan fingerprint density at radius 1 is 1.40 bits per heavy atom. The predicted octanol–water partition coefficient (Wildman–Crippen LogP) is 1.38. The second-order valence-electron chi connectivity index (χ2n) is 4.26. The van der Waals surface area contributed by atoms with Gasteiger partial charge in [0.1, 0.15) is 0 Å². The maximum Gasteiger partial charge on any atom is 0.334 e. The number of anilines is 1. The fourth-order valence-electron chi connectivity index (χ4n) is 1.74. The normalized spacial score (nSPS) is 12.9. The zero-order valence-corrected chi connectivity index (χ0v) is 12.3. The molecular weight excluding hydrogens is 282 g/mol. The quantitative estimate of drug-likeness (QED) is 0.753. The number of aliphatic carboxylic acids is 1. The lowest BCUT2D eigenvalue weighted by Gasteiger charge is -2.15. The minimum Gasteiger partial charge on any atom is -0.479 e. The van der Waals surface area contributed by atoms with Crippen LogP contribution in [0.15, 0.2) is 29.2 Å². The third-order valence-electron chi connectivity index (χ3n) is 2.73. The fourth-order valence-corrected chi connectivity index (χ4v) is 3.26. The van der Waals surface area contributed by atoms with Gasteiger partial charge < -0.3 is 15.2 Å². The lowest BCUT2D eigenvalue weighted by atomic mass is 10.3. The zero-order valence-electron chi connectivity index (χ0n) is 11.5. The van der Waals surface area contributed by atoms with Crippen molar-refractivity contribution < 1.29 is 23.1 Å². The number of rotatable bonds is 8. The van der Waals surface area contributed by atoms with E-state index in [1.807, 2.05) is 0 Å². The molecule has 1 rings (SSSR count). The number of methoxy groups -OCH3 is 1. The summed E-state index contributed by atoms with van der Waals surface area (Å²) in [5.74, 6) is -1.05. The van der Waals surface area contributed by atoms with Crippen LogP contribution >= 0.6 is 0 Å². The van der Waals surface area contributed by atoms with E-state index in [2.05, 4.69) is 5.32 Å². The Labute approximate surface area is 118 Å². The third-order valence-corrected chi connectivity index (χ3v) is 4.70. The average Bonchev–Trinajstić information content (AvgIpc) is 2.39. The zero-order chi connectivity index (χ0) is 15.2. The van der Waals surface area contributed by atoms with Gasteiger partial charge >= 0.3 is 5.97 Å². The second kappa shape index (κ2) is 7.25. The van der Waals surface area contributed by atoms with Crippen molar-refractivity contribution in [2.24, 2.45) is 0 Å². The summed E-state index contributed by atoms with van der Waals surface area (Å²) >= 11 is 0. The molecule has 0 spiro atoms. The molecule has 112 valence electrons. The molecule has 0 fully saturated rings. The Morgan fingerprint density at radius 3 is 2.60 bits per heavy atom. The maximum atomic E-state index is 12.1. The van der Waals surface area contributed by atoms with Crippen molar-refractivity contribution in [1.29, 1.82) is 0 Å². The highest BCUT2D eigenvalue weighted by Gasteiger charge is 2.20. The number of hydrogen-bond acceptors (Lipinski definition) is 5. The Kier molecular flexibility index (Phi) is 5.97. The van der Waals surface area contributed by atoms with E-state index in [-0.39, 0.29) is 17.2 Å². The summed E-state index contributed by atoms with van der Waals surface area (Å²) < 4.78 is 29.0. The first-order valence-corrected chi connectivity index (χ1v) is 7.89. The van der Waals surface area contributed by atoms with Crippen molar-refractivity contribution in [3.05, 3.63) is 24.3 Å². The molecule has 0 aliphatic carbocycles. The fraction of sp³-hybridized carbons (Fsp3) is 0.462. The van der Waals surface area contributed by atoms with Crippen LogP contribution in [0.25, 0.3) is 0 Å². The summed E-state index contributed by atoms with van der Waals surface area (Å²) in [4.78, 5) is 11.0. The second-order valence-corrected chi connectivity index (χ2v) is 6.34. The van der Waals surface area contributed by atoms with E-state index in [1.165, 1.54) is 13.2 Å². The molecule has 0 radical (unpaired) electrons. The van der Waals surface area contributed by atoms with Crippen LogP contribution in [0, 0.1) is 0 Å². The van der Waals surface area contributed by atoms with Gasteiger partial charge in [0.05, 0.1) is 22.9 Å². The molecule has 1 atom stereocenters. The summed E-state index contributed by atoms with van der Waals surface area (Å²) in [5.41, 5.74) is 0.393. The van der Waals surface area contributed by atoms with E-state index in [4.69, 9.17) is 9.84 Å². The lowest BCUT2D eigenvalue weighted by molar-refractivity contribution is -0.147. The first kappa shape index (κ1) is 16.5. The Morgan fingerprint density at radius 2 is 2.05 bits per heavy atom. The third kappa shape index (κ3) is 4.21.